The largest absolute Gasteiger partial charge is 0.365 e. The Balaban J connectivity index is 1.48. The number of hydrogen-bond donors (Lipinski definition) is 1. The van der Waals surface area contributed by atoms with Crippen molar-refractivity contribution in [3.63, 3.8) is 0 Å². The van der Waals surface area contributed by atoms with Gasteiger partial charge in [-0.3, -0.25) is 4.79 Å². The van der Waals surface area contributed by atoms with Crippen molar-refractivity contribution in [3.05, 3.63) is 35.7 Å². The van der Waals surface area contributed by atoms with Crippen LogP contribution in [-0.4, -0.2) is 60.1 Å². The summed E-state index contributed by atoms with van der Waals surface area (Å²) in [4.78, 5) is 32.3. The van der Waals surface area contributed by atoms with E-state index in [4.69, 9.17) is 10.7 Å². The van der Waals surface area contributed by atoms with Crippen molar-refractivity contribution in [2.24, 2.45) is 5.73 Å². The van der Waals surface area contributed by atoms with E-state index in [1.54, 1.807) is 18.3 Å². The highest BCUT2D eigenvalue weighted by molar-refractivity contribution is 5.97. The highest BCUT2D eigenvalue weighted by Gasteiger charge is 2.23. The van der Waals surface area contributed by atoms with Gasteiger partial charge < -0.3 is 20.4 Å². The molecule has 4 rings (SSSR count). The second-order valence-electron chi connectivity index (χ2n) is 7.43. The summed E-state index contributed by atoms with van der Waals surface area (Å²) in [6.45, 7) is 7.24. The van der Waals surface area contributed by atoms with Gasteiger partial charge in [0.05, 0.1) is 5.56 Å². The zero-order valence-corrected chi connectivity index (χ0v) is 16.3. The molecule has 0 aliphatic carbocycles. The molecule has 2 fully saturated rings. The van der Waals surface area contributed by atoms with Crippen LogP contribution in [0.25, 0.3) is 0 Å². The molecule has 8 nitrogen and oxygen atoms in total. The maximum absolute atomic E-state index is 11.7. The number of pyridine rings is 1. The summed E-state index contributed by atoms with van der Waals surface area (Å²) in [5, 5.41) is 0. The van der Waals surface area contributed by atoms with Gasteiger partial charge in [-0.05, 0) is 38.3 Å². The fraction of sp³-hybridized carbons (Fsp3) is 0.500. The number of amides is 1. The van der Waals surface area contributed by atoms with Crippen molar-refractivity contribution in [1.82, 2.24) is 15.0 Å². The summed E-state index contributed by atoms with van der Waals surface area (Å²) >= 11 is 0. The molecule has 2 aromatic heterocycles. The first-order chi connectivity index (χ1) is 13.6. The number of piperazine rings is 1. The number of carbonyl (C=O) groups excluding carboxylic acids is 1. The molecular weight excluding hydrogens is 354 g/mol. The zero-order valence-electron chi connectivity index (χ0n) is 16.3. The van der Waals surface area contributed by atoms with Gasteiger partial charge >= 0.3 is 0 Å². The van der Waals surface area contributed by atoms with Crippen LogP contribution in [0.2, 0.25) is 0 Å². The fourth-order valence-corrected chi connectivity index (χ4v) is 3.92. The molecule has 2 N–H and O–H groups in total. The number of anilines is 3. The third-order valence-corrected chi connectivity index (χ3v) is 5.42. The van der Waals surface area contributed by atoms with Crippen LogP contribution in [0, 0.1) is 6.92 Å². The molecule has 4 heterocycles. The Morgan fingerprint density at radius 2 is 1.68 bits per heavy atom. The first-order valence-corrected chi connectivity index (χ1v) is 9.97. The van der Waals surface area contributed by atoms with Crippen LogP contribution < -0.4 is 20.4 Å². The van der Waals surface area contributed by atoms with Gasteiger partial charge in [-0.25, -0.2) is 9.97 Å². The maximum Gasteiger partial charge on any atom is 0.252 e. The van der Waals surface area contributed by atoms with Gasteiger partial charge in [-0.2, -0.15) is 4.98 Å². The van der Waals surface area contributed by atoms with Crippen molar-refractivity contribution in [1.29, 1.82) is 0 Å². The molecule has 2 aromatic rings. The lowest BCUT2D eigenvalue weighted by molar-refractivity contribution is 0.100. The lowest BCUT2D eigenvalue weighted by atomic mass is 10.1. The average Bonchev–Trinajstić information content (AvgIpc) is 2.74. The number of primary amides is 1. The Kier molecular flexibility index (Phi) is 5.27. The van der Waals surface area contributed by atoms with E-state index >= 15 is 0 Å². The number of aryl methyl sites for hydroxylation is 1. The Labute approximate surface area is 165 Å². The van der Waals surface area contributed by atoms with E-state index in [2.05, 4.69) is 30.7 Å². The molecule has 0 radical (unpaired) electrons. The molecule has 28 heavy (non-hydrogen) atoms. The predicted molar refractivity (Wildman–Crippen MR) is 110 cm³/mol. The fourth-order valence-electron chi connectivity index (χ4n) is 3.92. The molecule has 0 atom stereocenters. The van der Waals surface area contributed by atoms with Crippen LogP contribution in [0.4, 0.5) is 17.6 Å². The van der Waals surface area contributed by atoms with Gasteiger partial charge in [0.2, 0.25) is 5.95 Å². The van der Waals surface area contributed by atoms with Crippen molar-refractivity contribution in [3.8, 4) is 0 Å². The van der Waals surface area contributed by atoms with E-state index in [0.717, 1.165) is 56.7 Å². The van der Waals surface area contributed by atoms with E-state index in [1.165, 1.54) is 19.3 Å². The first kappa shape index (κ1) is 18.5. The zero-order chi connectivity index (χ0) is 19.5. The number of nitrogens with zero attached hydrogens (tertiary/aromatic N) is 6. The van der Waals surface area contributed by atoms with E-state index < -0.39 is 5.91 Å². The number of rotatable bonds is 4. The second-order valence-corrected chi connectivity index (χ2v) is 7.43. The van der Waals surface area contributed by atoms with Crippen LogP contribution >= 0.6 is 0 Å². The topological polar surface area (TPSA) is 91.5 Å². The third-order valence-electron chi connectivity index (χ3n) is 5.42. The van der Waals surface area contributed by atoms with Crippen molar-refractivity contribution >= 4 is 23.5 Å². The summed E-state index contributed by atoms with van der Waals surface area (Å²) < 4.78 is 0. The SMILES string of the molecule is Cc1cc(N2CCN(c3ncccc3C(N)=O)CC2)nc(N2CCCCC2)n1. The van der Waals surface area contributed by atoms with Crippen LogP contribution in [0.1, 0.15) is 35.3 Å². The van der Waals surface area contributed by atoms with Gasteiger partial charge in [-0.15, -0.1) is 0 Å². The van der Waals surface area contributed by atoms with Gasteiger partial charge in [-0.1, -0.05) is 0 Å². The van der Waals surface area contributed by atoms with Gasteiger partial charge in [0, 0.05) is 57.2 Å². The molecular formula is C20H27N7O. The molecule has 0 spiro atoms. The van der Waals surface area contributed by atoms with Crippen LogP contribution in [0.5, 0.6) is 0 Å². The third kappa shape index (κ3) is 3.85. The number of carbonyl (C=O) groups is 1. The van der Waals surface area contributed by atoms with Gasteiger partial charge in [0.25, 0.3) is 5.91 Å². The standard InChI is InChI=1S/C20H27N7O/c1-15-14-17(24-20(23-15)27-8-3-2-4-9-27)25-10-12-26(13-11-25)19-16(18(21)28)6-5-7-22-19/h5-7,14H,2-4,8-13H2,1H3,(H2,21,28). The molecule has 0 unspecified atom stereocenters. The van der Waals surface area contributed by atoms with E-state index in [1.807, 2.05) is 6.92 Å². The molecule has 1 amide bonds. The van der Waals surface area contributed by atoms with Crippen molar-refractivity contribution in [2.75, 3.05) is 54.0 Å². The molecule has 2 aliphatic heterocycles. The molecule has 0 bridgehead atoms. The Hall–Kier alpha value is -2.90. The quantitative estimate of drug-likeness (QED) is 0.860. The summed E-state index contributed by atoms with van der Waals surface area (Å²) in [7, 11) is 0. The minimum absolute atomic E-state index is 0.442. The number of aromatic nitrogens is 3. The average molecular weight is 381 g/mol. The Morgan fingerprint density at radius 3 is 2.39 bits per heavy atom. The van der Waals surface area contributed by atoms with Crippen LogP contribution in [0.3, 0.4) is 0 Å². The molecule has 2 saturated heterocycles. The van der Waals surface area contributed by atoms with Crippen molar-refractivity contribution < 1.29 is 4.79 Å². The summed E-state index contributed by atoms with van der Waals surface area (Å²) in [5.41, 5.74) is 6.97. The highest BCUT2D eigenvalue weighted by Crippen LogP contribution is 2.24. The number of hydrogen-bond acceptors (Lipinski definition) is 7. The Morgan fingerprint density at radius 1 is 0.964 bits per heavy atom. The summed E-state index contributed by atoms with van der Waals surface area (Å²) in [6.07, 6.45) is 5.40. The lowest BCUT2D eigenvalue weighted by Crippen LogP contribution is -2.47. The van der Waals surface area contributed by atoms with Crippen molar-refractivity contribution in [2.45, 2.75) is 26.2 Å². The number of piperidine rings is 1. The van der Waals surface area contributed by atoms with E-state index in [-0.39, 0.29) is 0 Å². The minimum atomic E-state index is -0.442. The van der Waals surface area contributed by atoms with Crippen LogP contribution in [-0.2, 0) is 0 Å². The normalized spacial score (nSPS) is 17.7. The highest BCUT2D eigenvalue weighted by atomic mass is 16.1. The monoisotopic (exact) mass is 381 g/mol. The molecule has 0 aromatic carbocycles. The predicted octanol–water partition coefficient (Wildman–Crippen LogP) is 1.60. The van der Waals surface area contributed by atoms with Gasteiger partial charge in [0.1, 0.15) is 11.6 Å². The Bertz CT molecular complexity index is 842. The number of nitrogens with two attached hydrogens (primary N) is 1. The van der Waals surface area contributed by atoms with E-state index in [0.29, 0.717) is 11.4 Å². The second kappa shape index (κ2) is 8.00. The molecule has 148 valence electrons. The minimum Gasteiger partial charge on any atom is -0.365 e. The summed E-state index contributed by atoms with van der Waals surface area (Å²) in [5.74, 6) is 2.05. The van der Waals surface area contributed by atoms with Crippen LogP contribution in [0.15, 0.2) is 24.4 Å². The summed E-state index contributed by atoms with van der Waals surface area (Å²) in [6, 6.07) is 5.53. The van der Waals surface area contributed by atoms with Gasteiger partial charge in [0.15, 0.2) is 0 Å². The first-order valence-electron chi connectivity index (χ1n) is 9.97. The lowest BCUT2D eigenvalue weighted by Gasteiger charge is -2.37. The molecule has 8 heteroatoms. The smallest absolute Gasteiger partial charge is 0.252 e. The molecule has 0 saturated carbocycles. The molecule has 2 aliphatic rings. The maximum atomic E-state index is 11.7. The van der Waals surface area contributed by atoms with E-state index in [9.17, 15) is 4.79 Å².